The zero-order chi connectivity index (χ0) is 31.0. The molecule has 2 aliphatic rings. The molecular weight excluding hydrogens is 570 g/mol. The average molecular weight is 608 g/mol. The summed E-state index contributed by atoms with van der Waals surface area (Å²) < 4.78 is 1.88. The summed E-state index contributed by atoms with van der Waals surface area (Å²) in [6, 6.07) is 24.6. The third kappa shape index (κ3) is 5.64. The van der Waals surface area contributed by atoms with Crippen LogP contribution in [-0.4, -0.2) is 75.8 Å². The lowest BCUT2D eigenvalue weighted by atomic mass is 9.98. The van der Waals surface area contributed by atoms with E-state index in [0.29, 0.717) is 32.0 Å². The van der Waals surface area contributed by atoms with Crippen molar-refractivity contribution in [1.29, 1.82) is 0 Å². The van der Waals surface area contributed by atoms with E-state index in [0.717, 1.165) is 44.8 Å². The third-order valence-electron chi connectivity index (χ3n) is 8.66. The van der Waals surface area contributed by atoms with Crippen LogP contribution >= 0.6 is 11.8 Å². The standard InChI is InChI=1S/C35H37N5O3S/c1-23-10-8-14-28(20-23)34-32-33(27-12-6-5-7-13-27)36-40(29-15-9-11-24(2)25(29)3)35(32)39(31(43)22-44-34)21-30(42)38-18-16-37(17-19-38)26(4)41/h5-15,20,34H,16-19,21-22H2,1-4H3/t34-/m1/s1. The van der Waals surface area contributed by atoms with Gasteiger partial charge in [0.2, 0.25) is 17.7 Å². The predicted octanol–water partition coefficient (Wildman–Crippen LogP) is 5.32. The number of nitrogens with zero attached hydrogens (tertiary/aromatic N) is 5. The second-order valence-electron chi connectivity index (χ2n) is 11.6. The third-order valence-corrected chi connectivity index (χ3v) is 9.91. The van der Waals surface area contributed by atoms with Gasteiger partial charge in [0, 0.05) is 44.2 Å². The molecule has 0 radical (unpaired) electrons. The molecule has 8 nitrogen and oxygen atoms in total. The van der Waals surface area contributed by atoms with Gasteiger partial charge < -0.3 is 9.80 Å². The van der Waals surface area contributed by atoms with Crippen molar-refractivity contribution in [2.24, 2.45) is 0 Å². The molecule has 3 aromatic carbocycles. The van der Waals surface area contributed by atoms with Crippen molar-refractivity contribution in [3.63, 3.8) is 0 Å². The Morgan fingerprint density at radius 2 is 1.59 bits per heavy atom. The first-order valence-corrected chi connectivity index (χ1v) is 16.0. The maximum atomic E-state index is 14.1. The van der Waals surface area contributed by atoms with Crippen LogP contribution in [-0.2, 0) is 14.4 Å². The lowest BCUT2D eigenvalue weighted by molar-refractivity contribution is -0.137. The number of amides is 3. The molecule has 6 rings (SSSR count). The molecule has 1 aromatic heterocycles. The first kappa shape index (κ1) is 29.7. The number of carbonyl (C=O) groups excluding carboxylic acids is 3. The van der Waals surface area contributed by atoms with E-state index in [1.807, 2.05) is 47.1 Å². The minimum Gasteiger partial charge on any atom is -0.339 e. The van der Waals surface area contributed by atoms with Crippen LogP contribution in [0.5, 0.6) is 0 Å². The van der Waals surface area contributed by atoms with Crippen LogP contribution in [0.4, 0.5) is 5.82 Å². The Bertz CT molecular complexity index is 1730. The summed E-state index contributed by atoms with van der Waals surface area (Å²) in [6.45, 7) is 9.53. The number of carbonyl (C=O) groups is 3. The lowest BCUT2D eigenvalue weighted by Crippen LogP contribution is -2.53. The highest BCUT2D eigenvalue weighted by atomic mass is 32.2. The molecule has 226 valence electrons. The van der Waals surface area contributed by atoms with E-state index in [9.17, 15) is 14.4 Å². The number of hydrogen-bond donors (Lipinski definition) is 0. The molecule has 1 saturated heterocycles. The van der Waals surface area contributed by atoms with Gasteiger partial charge in [-0.3, -0.25) is 19.3 Å². The van der Waals surface area contributed by atoms with Crippen LogP contribution in [0.25, 0.3) is 16.9 Å². The van der Waals surface area contributed by atoms with E-state index in [1.165, 1.54) is 0 Å². The van der Waals surface area contributed by atoms with Gasteiger partial charge in [0.05, 0.1) is 22.4 Å². The lowest BCUT2D eigenvalue weighted by Gasteiger charge is -2.35. The zero-order valence-corrected chi connectivity index (χ0v) is 26.4. The molecule has 4 aromatic rings. The van der Waals surface area contributed by atoms with Crippen molar-refractivity contribution in [2.45, 2.75) is 32.9 Å². The van der Waals surface area contributed by atoms with E-state index >= 15 is 0 Å². The van der Waals surface area contributed by atoms with Gasteiger partial charge in [-0.1, -0.05) is 72.3 Å². The summed E-state index contributed by atoms with van der Waals surface area (Å²) in [7, 11) is 0. The molecule has 44 heavy (non-hydrogen) atoms. The number of rotatable bonds is 5. The van der Waals surface area contributed by atoms with Gasteiger partial charge in [0.1, 0.15) is 12.4 Å². The molecule has 0 N–H and O–H groups in total. The van der Waals surface area contributed by atoms with Crippen LogP contribution < -0.4 is 4.90 Å². The number of piperazine rings is 1. The molecule has 0 unspecified atom stereocenters. The first-order chi connectivity index (χ1) is 21.2. The van der Waals surface area contributed by atoms with Crippen LogP contribution in [0.15, 0.2) is 72.8 Å². The summed E-state index contributed by atoms with van der Waals surface area (Å²) in [6.07, 6.45) is 0. The Labute approximate surface area is 262 Å². The molecule has 1 fully saturated rings. The monoisotopic (exact) mass is 607 g/mol. The topological polar surface area (TPSA) is 78.8 Å². The highest BCUT2D eigenvalue weighted by Crippen LogP contribution is 2.49. The van der Waals surface area contributed by atoms with E-state index in [2.05, 4.69) is 51.1 Å². The molecule has 1 atom stereocenters. The Balaban J connectivity index is 1.54. The minimum atomic E-state index is -0.179. The Morgan fingerprint density at radius 1 is 0.886 bits per heavy atom. The number of benzene rings is 3. The number of thioether (sulfide) groups is 1. The highest BCUT2D eigenvalue weighted by Gasteiger charge is 2.38. The van der Waals surface area contributed by atoms with Crippen molar-refractivity contribution in [1.82, 2.24) is 19.6 Å². The van der Waals surface area contributed by atoms with E-state index < -0.39 is 0 Å². The molecule has 3 heterocycles. The quantitative estimate of drug-likeness (QED) is 0.307. The van der Waals surface area contributed by atoms with Gasteiger partial charge in [0.15, 0.2) is 0 Å². The highest BCUT2D eigenvalue weighted by molar-refractivity contribution is 8.00. The molecule has 2 aliphatic heterocycles. The summed E-state index contributed by atoms with van der Waals surface area (Å²) in [5, 5.41) is 5.07. The Kier molecular flexibility index (Phi) is 8.31. The molecular formula is C35H37N5O3S. The van der Waals surface area contributed by atoms with Crippen LogP contribution in [0.1, 0.15) is 40.0 Å². The van der Waals surface area contributed by atoms with Crippen molar-refractivity contribution in [2.75, 3.05) is 43.4 Å². The minimum absolute atomic E-state index is 0.00881. The van der Waals surface area contributed by atoms with Gasteiger partial charge in [-0.15, -0.1) is 11.8 Å². The van der Waals surface area contributed by atoms with Gasteiger partial charge in [-0.25, -0.2) is 4.68 Å². The molecule has 0 spiro atoms. The van der Waals surface area contributed by atoms with Crippen LogP contribution in [0.2, 0.25) is 0 Å². The molecule has 0 saturated carbocycles. The first-order valence-electron chi connectivity index (χ1n) is 15.0. The number of aromatic nitrogens is 2. The fourth-order valence-corrected chi connectivity index (χ4v) is 7.25. The summed E-state index contributed by atoms with van der Waals surface area (Å²) >= 11 is 1.58. The summed E-state index contributed by atoms with van der Waals surface area (Å²) in [4.78, 5) is 45.0. The van der Waals surface area contributed by atoms with E-state index in [-0.39, 0.29) is 35.3 Å². The molecule has 0 bridgehead atoms. The summed E-state index contributed by atoms with van der Waals surface area (Å²) in [5.41, 5.74) is 7.95. The predicted molar refractivity (Wildman–Crippen MR) is 175 cm³/mol. The zero-order valence-electron chi connectivity index (χ0n) is 25.6. The van der Waals surface area contributed by atoms with Gasteiger partial charge >= 0.3 is 0 Å². The Morgan fingerprint density at radius 3 is 2.30 bits per heavy atom. The van der Waals surface area contributed by atoms with Gasteiger partial charge in [0.25, 0.3) is 0 Å². The maximum absolute atomic E-state index is 14.1. The normalized spacial score (nSPS) is 17.0. The second-order valence-corrected chi connectivity index (χ2v) is 12.6. The SMILES string of the molecule is CC(=O)N1CCN(C(=O)CN2C(=O)CS[C@H](c3cccc(C)c3)c3c(-c4ccccc4)nn(-c4cccc(C)c4C)c32)CC1. The van der Waals surface area contributed by atoms with Gasteiger partial charge in [-0.2, -0.15) is 5.10 Å². The van der Waals surface area contributed by atoms with Crippen molar-refractivity contribution >= 4 is 35.3 Å². The second kappa shape index (κ2) is 12.3. The fourth-order valence-electron chi connectivity index (χ4n) is 6.06. The number of fused-ring (bicyclic) bond motifs is 1. The number of hydrogen-bond acceptors (Lipinski definition) is 5. The summed E-state index contributed by atoms with van der Waals surface area (Å²) in [5.74, 6) is 0.596. The van der Waals surface area contributed by atoms with E-state index in [1.54, 1.807) is 33.4 Å². The van der Waals surface area contributed by atoms with Crippen molar-refractivity contribution < 1.29 is 14.4 Å². The molecule has 9 heteroatoms. The van der Waals surface area contributed by atoms with Crippen molar-refractivity contribution in [3.05, 3.63) is 101 Å². The number of aryl methyl sites for hydroxylation is 2. The van der Waals surface area contributed by atoms with Crippen molar-refractivity contribution in [3.8, 4) is 16.9 Å². The Hall–Kier alpha value is -4.37. The number of anilines is 1. The molecule has 0 aliphatic carbocycles. The smallest absolute Gasteiger partial charge is 0.242 e. The maximum Gasteiger partial charge on any atom is 0.242 e. The molecule has 3 amide bonds. The van der Waals surface area contributed by atoms with Crippen LogP contribution in [0.3, 0.4) is 0 Å². The van der Waals surface area contributed by atoms with Crippen LogP contribution in [0, 0.1) is 20.8 Å². The van der Waals surface area contributed by atoms with Gasteiger partial charge in [-0.05, 0) is 43.5 Å². The van der Waals surface area contributed by atoms with E-state index in [4.69, 9.17) is 5.10 Å². The fraction of sp³-hybridized carbons (Fsp3) is 0.314. The largest absolute Gasteiger partial charge is 0.339 e. The average Bonchev–Trinajstić information content (AvgIpc) is 3.34.